The van der Waals surface area contributed by atoms with Gasteiger partial charge in [0, 0.05) is 28.3 Å². The Labute approximate surface area is 168 Å². The normalized spacial score (nSPS) is 14.6. The quantitative estimate of drug-likeness (QED) is 0.430. The van der Waals surface area contributed by atoms with E-state index in [-0.39, 0.29) is 6.61 Å². The summed E-state index contributed by atoms with van der Waals surface area (Å²) < 4.78 is 9.57. The largest absolute Gasteiger partial charge is 0.464 e. The third kappa shape index (κ3) is 2.82. The third-order valence-corrected chi connectivity index (χ3v) is 6.03. The highest BCUT2D eigenvalue weighted by Crippen LogP contribution is 2.37. The number of hydrogen-bond donors (Lipinski definition) is 0. The number of fused-ring (bicyclic) bond motifs is 2. The Morgan fingerprint density at radius 2 is 2.27 bits per heavy atom. The van der Waals surface area contributed by atoms with Crippen molar-refractivity contribution in [2.75, 3.05) is 6.61 Å². The van der Waals surface area contributed by atoms with Crippen molar-refractivity contribution >= 4 is 56.0 Å². The van der Waals surface area contributed by atoms with Crippen molar-refractivity contribution in [2.45, 2.75) is 32.4 Å². The number of ether oxygens (including phenoxy) is 1. The van der Waals surface area contributed by atoms with Crippen molar-refractivity contribution in [3.63, 3.8) is 0 Å². The van der Waals surface area contributed by atoms with Crippen molar-refractivity contribution in [1.29, 1.82) is 0 Å². The van der Waals surface area contributed by atoms with Gasteiger partial charge in [-0.05, 0) is 41.8 Å². The zero-order chi connectivity index (χ0) is 18.4. The van der Waals surface area contributed by atoms with Crippen LogP contribution in [0, 0.1) is 0 Å². The molecule has 2 aromatic heterocycles. The van der Waals surface area contributed by atoms with Gasteiger partial charge in [0.15, 0.2) is 6.04 Å². The summed E-state index contributed by atoms with van der Waals surface area (Å²) in [6.07, 6.45) is 5.40. The zero-order valence-electron chi connectivity index (χ0n) is 13.9. The van der Waals surface area contributed by atoms with Gasteiger partial charge in [0.2, 0.25) is 0 Å². The van der Waals surface area contributed by atoms with Crippen molar-refractivity contribution < 1.29 is 9.53 Å². The van der Waals surface area contributed by atoms with Gasteiger partial charge < -0.3 is 9.30 Å². The van der Waals surface area contributed by atoms with E-state index >= 15 is 0 Å². The smallest absolute Gasteiger partial charge is 0.337 e. The number of rotatable bonds is 4. The molecule has 26 heavy (non-hydrogen) atoms. The number of benzene rings is 1. The van der Waals surface area contributed by atoms with Crippen LogP contribution in [0.15, 0.2) is 23.1 Å². The second-order valence-corrected chi connectivity index (χ2v) is 7.69. The minimum absolute atomic E-state index is 0.277. The highest BCUT2D eigenvalue weighted by atomic mass is 79.9. The minimum atomic E-state index is -0.775. The molecule has 1 atom stereocenters. The van der Waals surface area contributed by atoms with Gasteiger partial charge in [-0.1, -0.05) is 23.2 Å². The van der Waals surface area contributed by atoms with Crippen LogP contribution in [0.5, 0.6) is 0 Å². The lowest BCUT2D eigenvalue weighted by Gasteiger charge is -2.15. The summed E-state index contributed by atoms with van der Waals surface area (Å²) in [6, 6.07) is 0.939. The van der Waals surface area contributed by atoms with Crippen LogP contribution in [-0.2, 0) is 22.5 Å². The van der Waals surface area contributed by atoms with Crippen LogP contribution < -0.4 is 0 Å². The number of nitrogens with zero attached hydrogens (tertiary/aromatic N) is 4. The summed E-state index contributed by atoms with van der Waals surface area (Å²) in [5.41, 5.74) is 2.23. The van der Waals surface area contributed by atoms with E-state index in [2.05, 4.69) is 30.6 Å². The number of hydrogen-bond acceptors (Lipinski definition) is 4. The Hall–Kier alpha value is -1.57. The average Bonchev–Trinajstić information content (AvgIpc) is 3.30. The molecule has 9 heteroatoms. The van der Waals surface area contributed by atoms with Crippen molar-refractivity contribution in [3.8, 4) is 0 Å². The summed E-state index contributed by atoms with van der Waals surface area (Å²) in [5, 5.41) is 6.16. The van der Waals surface area contributed by atoms with Gasteiger partial charge in [-0.25, -0.2) is 9.78 Å². The number of esters is 1. The fourth-order valence-corrected chi connectivity index (χ4v) is 4.32. The second-order valence-electron chi connectivity index (χ2n) is 6.05. The van der Waals surface area contributed by atoms with E-state index < -0.39 is 12.0 Å². The summed E-state index contributed by atoms with van der Waals surface area (Å²) in [4.78, 5) is 17.2. The van der Waals surface area contributed by atoms with Crippen LogP contribution in [0.1, 0.15) is 30.8 Å². The molecular formula is C17H15BrCl2N4O2. The van der Waals surface area contributed by atoms with Crippen LogP contribution in [0.4, 0.5) is 0 Å². The van der Waals surface area contributed by atoms with Crippen LogP contribution in [0.25, 0.3) is 10.9 Å². The van der Waals surface area contributed by atoms with Crippen molar-refractivity contribution in [1.82, 2.24) is 19.3 Å². The van der Waals surface area contributed by atoms with E-state index in [9.17, 15) is 4.79 Å². The Balaban J connectivity index is 1.89. The number of carbonyl (C=O) groups excluding carboxylic acids is 1. The molecule has 0 saturated heterocycles. The van der Waals surface area contributed by atoms with Crippen LogP contribution in [0.3, 0.4) is 0 Å². The first-order chi connectivity index (χ1) is 12.5. The standard InChI is InChI=1S/C17H15BrCl2N4O2/c1-2-26-17(25)16(15-12-4-3-5-23(12)8-21-15)24-7-9-11(19)6-10(18)13(20)14(9)22-24/h6-8,16H,2-5H2,1H3/t16-/m1/s1. The molecule has 4 rings (SSSR count). The SMILES string of the molecule is CCOC(=O)[C@@H](c1ncn2c1CCC2)n1cc2c(Cl)cc(Br)c(Cl)c2n1. The molecule has 0 amide bonds. The van der Waals surface area contributed by atoms with Gasteiger partial charge in [0.1, 0.15) is 5.52 Å². The predicted molar refractivity (Wildman–Crippen MR) is 103 cm³/mol. The molecule has 1 aliphatic heterocycles. The van der Waals surface area contributed by atoms with Gasteiger partial charge >= 0.3 is 5.97 Å². The topological polar surface area (TPSA) is 61.9 Å². The molecule has 1 aliphatic rings. The number of carbonyl (C=O) groups is 1. The predicted octanol–water partition coefficient (Wildman–Crippen LogP) is 4.40. The molecule has 6 nitrogen and oxygen atoms in total. The summed E-state index contributed by atoms with van der Waals surface area (Å²) in [7, 11) is 0. The Morgan fingerprint density at radius 1 is 1.46 bits per heavy atom. The maximum Gasteiger partial charge on any atom is 0.337 e. The molecule has 3 heterocycles. The molecule has 0 radical (unpaired) electrons. The van der Waals surface area contributed by atoms with Crippen LogP contribution >= 0.6 is 39.1 Å². The first-order valence-corrected chi connectivity index (χ1v) is 9.79. The van der Waals surface area contributed by atoms with Gasteiger partial charge in [-0.3, -0.25) is 4.68 Å². The fraction of sp³-hybridized carbons (Fsp3) is 0.353. The molecule has 1 aromatic carbocycles. The van der Waals surface area contributed by atoms with E-state index in [1.165, 1.54) is 0 Å². The molecule has 136 valence electrons. The molecule has 0 saturated carbocycles. The second kappa shape index (κ2) is 6.87. The molecule has 0 bridgehead atoms. The minimum Gasteiger partial charge on any atom is -0.464 e. The van der Waals surface area contributed by atoms with Gasteiger partial charge in [-0.15, -0.1) is 0 Å². The maximum absolute atomic E-state index is 12.7. The Kier molecular flexibility index (Phi) is 4.71. The fourth-order valence-electron chi connectivity index (χ4n) is 3.33. The van der Waals surface area contributed by atoms with Crippen LogP contribution in [0.2, 0.25) is 10.0 Å². The molecule has 0 fully saturated rings. The Morgan fingerprint density at radius 3 is 3.04 bits per heavy atom. The number of imidazole rings is 1. The van der Waals surface area contributed by atoms with Crippen molar-refractivity contribution in [3.05, 3.63) is 44.5 Å². The van der Waals surface area contributed by atoms with E-state index in [1.54, 1.807) is 30.2 Å². The average molecular weight is 458 g/mol. The first kappa shape index (κ1) is 17.8. The molecule has 0 spiro atoms. The Bertz CT molecular complexity index is 1010. The molecule has 3 aromatic rings. The van der Waals surface area contributed by atoms with Crippen LogP contribution in [-0.4, -0.2) is 31.9 Å². The number of aromatic nitrogens is 4. The monoisotopic (exact) mass is 456 g/mol. The molecular weight excluding hydrogens is 443 g/mol. The van der Waals surface area contributed by atoms with Gasteiger partial charge in [-0.2, -0.15) is 5.10 Å². The molecule has 0 aliphatic carbocycles. The third-order valence-electron chi connectivity index (χ3n) is 4.48. The van der Waals surface area contributed by atoms with Gasteiger partial charge in [0.25, 0.3) is 0 Å². The zero-order valence-corrected chi connectivity index (χ0v) is 17.0. The highest BCUT2D eigenvalue weighted by Gasteiger charge is 2.32. The van der Waals surface area contributed by atoms with E-state index in [0.717, 1.165) is 25.1 Å². The lowest BCUT2D eigenvalue weighted by molar-refractivity contribution is -0.146. The van der Waals surface area contributed by atoms with E-state index in [4.69, 9.17) is 27.9 Å². The van der Waals surface area contributed by atoms with Gasteiger partial charge in [0.05, 0.1) is 28.7 Å². The van der Waals surface area contributed by atoms with Crippen molar-refractivity contribution in [2.24, 2.45) is 0 Å². The summed E-state index contributed by atoms with van der Waals surface area (Å²) >= 11 is 16.1. The summed E-state index contributed by atoms with van der Waals surface area (Å²) in [6.45, 7) is 2.96. The lowest BCUT2D eigenvalue weighted by atomic mass is 10.1. The molecule has 0 N–H and O–H groups in total. The maximum atomic E-state index is 12.7. The first-order valence-electron chi connectivity index (χ1n) is 8.24. The lowest BCUT2D eigenvalue weighted by Crippen LogP contribution is -2.25. The molecule has 0 unspecified atom stereocenters. The van der Waals surface area contributed by atoms with E-state index in [0.29, 0.717) is 31.1 Å². The van der Waals surface area contributed by atoms with E-state index in [1.807, 2.05) is 0 Å². The summed E-state index contributed by atoms with van der Waals surface area (Å²) in [5.74, 6) is -0.403. The number of halogens is 3. The highest BCUT2D eigenvalue weighted by molar-refractivity contribution is 9.10. The number of aryl methyl sites for hydroxylation is 1.